The zero-order valence-corrected chi connectivity index (χ0v) is 23.0. The van der Waals surface area contributed by atoms with Crippen LogP contribution < -0.4 is 0 Å². The van der Waals surface area contributed by atoms with E-state index in [1.165, 1.54) is 12.1 Å². The van der Waals surface area contributed by atoms with Crippen LogP contribution in [0.5, 0.6) is 5.75 Å². The number of aliphatic hydroxyl groups is 5. The van der Waals surface area contributed by atoms with Crippen molar-refractivity contribution < 1.29 is 59.2 Å². The van der Waals surface area contributed by atoms with Gasteiger partial charge in [0.2, 0.25) is 6.29 Å². The number of benzene rings is 1. The molecular formula is C30H36O12. The summed E-state index contributed by atoms with van der Waals surface area (Å²) in [6, 6.07) is 6.06. The highest BCUT2D eigenvalue weighted by Crippen LogP contribution is 2.53. The number of hydrogen-bond donors (Lipinski definition) is 6. The van der Waals surface area contributed by atoms with Gasteiger partial charge < -0.3 is 49.6 Å². The van der Waals surface area contributed by atoms with Crippen LogP contribution in [-0.4, -0.2) is 98.2 Å². The number of carbonyl (C=O) groups is 2. The molecule has 1 saturated carbocycles. The molecule has 3 fully saturated rings. The molecule has 6 N–H and O–H groups in total. The van der Waals surface area contributed by atoms with Gasteiger partial charge in [0.25, 0.3) is 0 Å². The molecule has 12 heteroatoms. The molecule has 0 spiro atoms. The molecule has 0 unspecified atom stereocenters. The molecule has 1 aromatic rings. The van der Waals surface area contributed by atoms with E-state index in [4.69, 9.17) is 18.9 Å². The number of carbonyl (C=O) groups excluding carboxylic acids is 2. The largest absolute Gasteiger partial charge is 0.508 e. The number of hydrogen-bond acceptors (Lipinski definition) is 12. The first-order valence-corrected chi connectivity index (χ1v) is 13.8. The number of esters is 2. The van der Waals surface area contributed by atoms with Crippen molar-refractivity contribution in [1.82, 2.24) is 0 Å². The highest BCUT2D eigenvalue weighted by molar-refractivity contribution is 5.91. The topological polar surface area (TPSA) is 192 Å². The van der Waals surface area contributed by atoms with Gasteiger partial charge in [-0.05, 0) is 36.1 Å². The summed E-state index contributed by atoms with van der Waals surface area (Å²) >= 11 is 0. The number of fused-ring (bicyclic) bond motifs is 3. The summed E-state index contributed by atoms with van der Waals surface area (Å²) in [5, 5.41) is 60.3. The van der Waals surface area contributed by atoms with Crippen molar-refractivity contribution in [1.29, 1.82) is 0 Å². The maximum absolute atomic E-state index is 13.0. The Kier molecular flexibility index (Phi) is 8.48. The summed E-state index contributed by atoms with van der Waals surface area (Å²) in [5.74, 6) is -2.49. The molecule has 228 valence electrons. The first kappa shape index (κ1) is 30.2. The lowest BCUT2D eigenvalue weighted by Gasteiger charge is -2.40. The fraction of sp³-hybridized carbons (Fsp3) is 0.533. The molecule has 1 aromatic carbocycles. The van der Waals surface area contributed by atoms with Crippen LogP contribution in [0.2, 0.25) is 0 Å². The van der Waals surface area contributed by atoms with E-state index >= 15 is 0 Å². The van der Waals surface area contributed by atoms with Gasteiger partial charge in [-0.15, -0.1) is 0 Å². The van der Waals surface area contributed by atoms with E-state index in [0.29, 0.717) is 22.5 Å². The number of rotatable bonds is 7. The Balaban J connectivity index is 1.35. The van der Waals surface area contributed by atoms with Crippen molar-refractivity contribution in [2.75, 3.05) is 6.61 Å². The SMILES string of the molecule is C=C1C(=O)O[C@@H]2[C@H]3C(C)=C(O[C@@H]4O[C@H](CO)[C@@H](O)[C@H](O)[C@H]4O)C[C@H]3C(=C)C[C@@H](OC(=O)[C@H](O)Cc3ccc(O)cc3)[C@@H]12. The number of aliphatic hydroxyl groups excluding tert-OH is 5. The minimum Gasteiger partial charge on any atom is -0.508 e. The third-order valence-electron chi connectivity index (χ3n) is 8.79. The van der Waals surface area contributed by atoms with E-state index in [0.717, 1.165) is 0 Å². The lowest BCUT2D eigenvalue weighted by atomic mass is 9.80. The fourth-order valence-electron chi connectivity index (χ4n) is 6.45. The summed E-state index contributed by atoms with van der Waals surface area (Å²) in [4.78, 5) is 25.7. The second-order valence-corrected chi connectivity index (χ2v) is 11.4. The Morgan fingerprint density at radius 3 is 2.43 bits per heavy atom. The summed E-state index contributed by atoms with van der Waals surface area (Å²) in [6.07, 6.45) is -9.98. The Morgan fingerprint density at radius 1 is 1.07 bits per heavy atom. The second kappa shape index (κ2) is 11.8. The highest BCUT2D eigenvalue weighted by Gasteiger charge is 2.56. The molecule has 0 bridgehead atoms. The smallest absolute Gasteiger partial charge is 0.335 e. The molecule has 11 atom stereocenters. The highest BCUT2D eigenvalue weighted by atomic mass is 16.7. The first-order chi connectivity index (χ1) is 19.9. The molecule has 12 nitrogen and oxygen atoms in total. The number of aromatic hydroxyl groups is 1. The minimum absolute atomic E-state index is 0.0387. The molecular weight excluding hydrogens is 552 g/mol. The van der Waals surface area contributed by atoms with Gasteiger partial charge in [0, 0.05) is 30.8 Å². The van der Waals surface area contributed by atoms with Crippen LogP contribution in [0.1, 0.15) is 25.3 Å². The zero-order chi connectivity index (χ0) is 30.5. The van der Waals surface area contributed by atoms with Crippen molar-refractivity contribution in [2.45, 2.75) is 75.2 Å². The van der Waals surface area contributed by atoms with Gasteiger partial charge in [-0.1, -0.05) is 30.9 Å². The first-order valence-electron chi connectivity index (χ1n) is 13.8. The van der Waals surface area contributed by atoms with E-state index in [1.807, 2.05) is 0 Å². The monoisotopic (exact) mass is 588 g/mol. The zero-order valence-electron chi connectivity index (χ0n) is 23.0. The number of phenolic OH excluding ortho intramolecular Hbond substituents is 1. The average Bonchev–Trinajstić information content (AvgIpc) is 3.40. The van der Waals surface area contributed by atoms with Crippen LogP contribution in [-0.2, 0) is 35.0 Å². The van der Waals surface area contributed by atoms with Crippen molar-refractivity contribution in [3.63, 3.8) is 0 Å². The molecule has 42 heavy (non-hydrogen) atoms. The van der Waals surface area contributed by atoms with Crippen LogP contribution in [0, 0.1) is 17.8 Å². The quantitative estimate of drug-likeness (QED) is 0.142. The van der Waals surface area contributed by atoms with Crippen LogP contribution in [0.15, 0.2) is 59.9 Å². The van der Waals surface area contributed by atoms with Crippen LogP contribution in [0.4, 0.5) is 0 Å². The van der Waals surface area contributed by atoms with Gasteiger partial charge in [-0.2, -0.15) is 0 Å². The molecule has 4 aliphatic rings. The summed E-state index contributed by atoms with van der Waals surface area (Å²) in [5.41, 5.74) is 2.12. The standard InChI is InChI=1S/C30H36O12/c1-12-8-20(39-29(38)18(33)9-15-4-6-16(32)7-5-15)23-14(3)28(37)42-27(23)22-13(2)19(10-17(12)22)40-30-26(36)25(35)24(34)21(11-31)41-30/h4-7,17-18,20-27,30-36H,1,3,8-11H2,2H3/t17-,18+,20+,21+,22-,23+,24+,25-,26+,27+,30+/m0/s1. The van der Waals surface area contributed by atoms with Gasteiger partial charge in [-0.25, -0.2) is 9.59 Å². The van der Waals surface area contributed by atoms with E-state index in [2.05, 4.69) is 13.2 Å². The van der Waals surface area contributed by atoms with Gasteiger partial charge in [-0.3, -0.25) is 0 Å². The Morgan fingerprint density at radius 2 is 1.76 bits per heavy atom. The van der Waals surface area contributed by atoms with Gasteiger partial charge in [0.15, 0.2) is 6.10 Å². The lowest BCUT2D eigenvalue weighted by Crippen LogP contribution is -2.59. The molecule has 2 aliphatic carbocycles. The van der Waals surface area contributed by atoms with E-state index < -0.39 is 79.4 Å². The predicted octanol–water partition coefficient (Wildman–Crippen LogP) is -0.00830. The van der Waals surface area contributed by atoms with Crippen molar-refractivity contribution in [2.24, 2.45) is 17.8 Å². The van der Waals surface area contributed by atoms with E-state index in [-0.39, 0.29) is 36.5 Å². The van der Waals surface area contributed by atoms with Crippen molar-refractivity contribution in [3.8, 4) is 5.75 Å². The molecule has 0 radical (unpaired) electrons. The number of allylic oxidation sites excluding steroid dienone is 1. The molecule has 2 heterocycles. The van der Waals surface area contributed by atoms with Gasteiger partial charge >= 0.3 is 11.9 Å². The molecule has 2 saturated heterocycles. The van der Waals surface area contributed by atoms with Crippen LogP contribution in [0.3, 0.4) is 0 Å². The maximum Gasteiger partial charge on any atom is 0.335 e. The molecule has 5 rings (SSSR count). The van der Waals surface area contributed by atoms with E-state index in [9.17, 15) is 40.2 Å². The van der Waals surface area contributed by atoms with Crippen molar-refractivity contribution >= 4 is 11.9 Å². The Labute approximate surface area is 242 Å². The van der Waals surface area contributed by atoms with E-state index in [1.54, 1.807) is 19.1 Å². The average molecular weight is 589 g/mol. The Hall–Kier alpha value is -3.26. The second-order valence-electron chi connectivity index (χ2n) is 11.4. The Bertz CT molecular complexity index is 1270. The fourth-order valence-corrected chi connectivity index (χ4v) is 6.45. The van der Waals surface area contributed by atoms with Gasteiger partial charge in [0.05, 0.1) is 18.3 Å². The van der Waals surface area contributed by atoms with Crippen LogP contribution >= 0.6 is 0 Å². The summed E-state index contributed by atoms with van der Waals surface area (Å²) in [7, 11) is 0. The molecule has 0 aromatic heterocycles. The number of phenols is 1. The van der Waals surface area contributed by atoms with Gasteiger partial charge in [0.1, 0.15) is 42.4 Å². The van der Waals surface area contributed by atoms with Crippen molar-refractivity contribution in [3.05, 3.63) is 65.5 Å². The number of ether oxygens (including phenoxy) is 4. The molecule has 0 amide bonds. The molecule has 2 aliphatic heterocycles. The third kappa shape index (κ3) is 5.46. The van der Waals surface area contributed by atoms with Crippen LogP contribution in [0.25, 0.3) is 0 Å². The third-order valence-corrected chi connectivity index (χ3v) is 8.79. The summed E-state index contributed by atoms with van der Waals surface area (Å²) in [6.45, 7) is 9.30. The minimum atomic E-state index is -1.60. The normalized spacial score (nSPS) is 37.0. The maximum atomic E-state index is 13.0. The predicted molar refractivity (Wildman–Crippen MR) is 143 cm³/mol. The summed E-state index contributed by atoms with van der Waals surface area (Å²) < 4.78 is 23.0. The lowest BCUT2D eigenvalue weighted by molar-refractivity contribution is -0.292.